The van der Waals surface area contributed by atoms with Crippen molar-refractivity contribution < 1.29 is 23.9 Å². The minimum atomic E-state index is -0.591. The second-order valence-electron chi connectivity index (χ2n) is 7.38. The zero-order chi connectivity index (χ0) is 22.4. The number of unbranched alkanes of at least 4 members (excludes halogenated alkanes) is 1. The first-order valence-corrected chi connectivity index (χ1v) is 11.4. The van der Waals surface area contributed by atoms with Gasteiger partial charge in [-0.15, -0.1) is 0 Å². The molecule has 0 aromatic heterocycles. The lowest BCUT2D eigenvalue weighted by Gasteiger charge is -2.15. The number of benzene rings is 2. The zero-order valence-electron chi connectivity index (χ0n) is 18.1. The molecule has 1 aliphatic heterocycles. The van der Waals surface area contributed by atoms with E-state index in [1.165, 1.54) is 0 Å². The molecular formula is C24H27NO5S. The Morgan fingerprint density at radius 3 is 2.68 bits per heavy atom. The number of nitrogens with zero attached hydrogens (tertiary/aromatic N) is 1. The molecule has 31 heavy (non-hydrogen) atoms. The largest absolute Gasteiger partial charge is 0.493 e. The van der Waals surface area contributed by atoms with Crippen LogP contribution in [0.15, 0.2) is 41.3 Å². The zero-order valence-corrected chi connectivity index (χ0v) is 18.9. The Labute approximate surface area is 186 Å². The molecule has 1 atom stereocenters. The molecule has 0 bridgehead atoms. The number of rotatable bonds is 9. The van der Waals surface area contributed by atoms with Crippen LogP contribution in [0.1, 0.15) is 45.6 Å². The number of thioether (sulfide) groups is 1. The third-order valence-corrected chi connectivity index (χ3v) is 5.94. The van der Waals surface area contributed by atoms with Crippen molar-refractivity contribution in [2.24, 2.45) is 0 Å². The average molecular weight is 442 g/mol. The normalized spacial score (nSPS) is 16.2. The highest BCUT2D eigenvalue weighted by Crippen LogP contribution is 2.36. The molecule has 0 spiro atoms. The van der Waals surface area contributed by atoms with Gasteiger partial charge in [0.2, 0.25) is 0 Å². The summed E-state index contributed by atoms with van der Waals surface area (Å²) in [6, 6.07) is 11.7. The van der Waals surface area contributed by atoms with Gasteiger partial charge in [-0.25, -0.2) is 0 Å². The first-order valence-electron chi connectivity index (χ1n) is 10.5. The van der Waals surface area contributed by atoms with Gasteiger partial charge in [-0.3, -0.25) is 19.3 Å². The van der Waals surface area contributed by atoms with E-state index in [2.05, 4.69) is 6.92 Å². The molecule has 0 aliphatic carbocycles. The molecule has 1 saturated heterocycles. The highest BCUT2D eigenvalue weighted by atomic mass is 32.2. The number of carbonyl (C=O) groups is 3. The molecule has 7 heteroatoms. The van der Waals surface area contributed by atoms with Crippen molar-refractivity contribution in [3.05, 3.63) is 46.9 Å². The number of imide groups is 1. The second-order valence-corrected chi connectivity index (χ2v) is 8.37. The maximum Gasteiger partial charge on any atom is 0.326 e. The molecule has 1 aliphatic rings. The van der Waals surface area contributed by atoms with Crippen LogP contribution in [0, 0.1) is 0 Å². The van der Waals surface area contributed by atoms with Crippen molar-refractivity contribution in [2.45, 2.75) is 46.1 Å². The van der Waals surface area contributed by atoms with Crippen LogP contribution in [-0.4, -0.2) is 41.3 Å². The van der Waals surface area contributed by atoms with E-state index in [-0.39, 0.29) is 17.6 Å². The van der Waals surface area contributed by atoms with E-state index in [4.69, 9.17) is 9.47 Å². The van der Waals surface area contributed by atoms with E-state index in [0.717, 1.165) is 45.8 Å². The van der Waals surface area contributed by atoms with E-state index in [1.807, 2.05) is 43.3 Å². The summed E-state index contributed by atoms with van der Waals surface area (Å²) in [5, 5.41) is 1.46. The Balaban J connectivity index is 1.90. The number of hydrogen-bond donors (Lipinski definition) is 0. The molecule has 2 aromatic carbocycles. The Kier molecular flexibility index (Phi) is 7.74. The molecule has 2 aromatic rings. The topological polar surface area (TPSA) is 72.9 Å². The molecule has 0 radical (unpaired) electrons. The number of amides is 2. The first-order chi connectivity index (χ1) is 14.9. The third-order valence-electron chi connectivity index (χ3n) is 5.03. The molecule has 2 amide bonds. The summed E-state index contributed by atoms with van der Waals surface area (Å²) in [6.07, 6.45) is 4.01. The van der Waals surface area contributed by atoms with Gasteiger partial charge in [-0.2, -0.15) is 0 Å². The van der Waals surface area contributed by atoms with Gasteiger partial charge in [0.05, 0.1) is 17.6 Å². The number of ether oxygens (including phenoxy) is 2. The number of hydrogen-bond acceptors (Lipinski definition) is 6. The smallest absolute Gasteiger partial charge is 0.326 e. The lowest BCUT2D eigenvalue weighted by molar-refractivity contribution is -0.150. The van der Waals surface area contributed by atoms with Crippen molar-refractivity contribution in [3.63, 3.8) is 0 Å². The van der Waals surface area contributed by atoms with Gasteiger partial charge in [0, 0.05) is 5.56 Å². The molecule has 6 nitrogen and oxygen atoms in total. The molecule has 0 N–H and O–H groups in total. The summed E-state index contributed by atoms with van der Waals surface area (Å²) < 4.78 is 11.2. The Hall–Kier alpha value is -2.80. The standard InChI is InChI=1S/C24H27NO5S/c1-4-6-13-29-20-12-11-17-9-7-8-10-18(17)19(20)14-21-23(27)25(24(28)31-21)15-22(26)30-16(3)5-2/h7-12,14,16H,4-6,13,15H2,1-3H3/b21-14-/t16-/m0/s1. The van der Waals surface area contributed by atoms with Crippen molar-refractivity contribution in [1.29, 1.82) is 0 Å². The fourth-order valence-corrected chi connectivity index (χ4v) is 3.94. The fourth-order valence-electron chi connectivity index (χ4n) is 3.12. The Morgan fingerprint density at radius 1 is 1.16 bits per heavy atom. The van der Waals surface area contributed by atoms with Crippen LogP contribution in [0.3, 0.4) is 0 Å². The van der Waals surface area contributed by atoms with E-state index in [1.54, 1.807) is 13.0 Å². The van der Waals surface area contributed by atoms with Crippen molar-refractivity contribution >= 4 is 45.7 Å². The number of carbonyl (C=O) groups excluding carboxylic acids is 3. The monoisotopic (exact) mass is 441 g/mol. The molecule has 0 saturated carbocycles. The van der Waals surface area contributed by atoms with Gasteiger partial charge in [-0.05, 0) is 54.4 Å². The molecule has 1 heterocycles. The lowest BCUT2D eigenvalue weighted by atomic mass is 10.0. The quantitative estimate of drug-likeness (QED) is 0.295. The molecular weight excluding hydrogens is 414 g/mol. The maximum atomic E-state index is 12.9. The van der Waals surface area contributed by atoms with Crippen LogP contribution >= 0.6 is 11.8 Å². The molecule has 3 rings (SSSR count). The summed E-state index contributed by atoms with van der Waals surface area (Å²) in [5.74, 6) is -0.426. The number of fused-ring (bicyclic) bond motifs is 1. The predicted octanol–water partition coefficient (Wildman–Crippen LogP) is 5.40. The van der Waals surface area contributed by atoms with Gasteiger partial charge < -0.3 is 9.47 Å². The van der Waals surface area contributed by atoms with Crippen LogP contribution in [0.2, 0.25) is 0 Å². The van der Waals surface area contributed by atoms with Crippen LogP contribution in [0.5, 0.6) is 5.75 Å². The van der Waals surface area contributed by atoms with Gasteiger partial charge in [0.25, 0.3) is 11.1 Å². The summed E-state index contributed by atoms with van der Waals surface area (Å²) >= 11 is 0.824. The minimum Gasteiger partial charge on any atom is -0.493 e. The fraction of sp³-hybridized carbons (Fsp3) is 0.375. The van der Waals surface area contributed by atoms with Crippen LogP contribution in [-0.2, 0) is 14.3 Å². The van der Waals surface area contributed by atoms with Gasteiger partial charge in [0.1, 0.15) is 12.3 Å². The van der Waals surface area contributed by atoms with Crippen molar-refractivity contribution in [2.75, 3.05) is 13.2 Å². The van der Waals surface area contributed by atoms with E-state index >= 15 is 0 Å². The summed E-state index contributed by atoms with van der Waals surface area (Å²) in [5.41, 5.74) is 0.752. The molecule has 0 unspecified atom stereocenters. The highest BCUT2D eigenvalue weighted by molar-refractivity contribution is 8.18. The Morgan fingerprint density at radius 2 is 1.94 bits per heavy atom. The summed E-state index contributed by atoms with van der Waals surface area (Å²) in [6.45, 7) is 5.94. The highest BCUT2D eigenvalue weighted by Gasteiger charge is 2.37. The van der Waals surface area contributed by atoms with Gasteiger partial charge in [0.15, 0.2) is 0 Å². The van der Waals surface area contributed by atoms with E-state index in [9.17, 15) is 14.4 Å². The maximum absolute atomic E-state index is 12.9. The molecule has 164 valence electrons. The van der Waals surface area contributed by atoms with Crippen molar-refractivity contribution in [3.8, 4) is 5.75 Å². The second kappa shape index (κ2) is 10.5. The number of esters is 1. The molecule has 1 fully saturated rings. The lowest BCUT2D eigenvalue weighted by Crippen LogP contribution is -2.35. The van der Waals surface area contributed by atoms with Gasteiger partial charge >= 0.3 is 5.97 Å². The van der Waals surface area contributed by atoms with Gasteiger partial charge in [-0.1, -0.05) is 50.6 Å². The predicted molar refractivity (Wildman–Crippen MR) is 123 cm³/mol. The Bertz CT molecular complexity index is 1020. The third kappa shape index (κ3) is 5.47. The summed E-state index contributed by atoms with van der Waals surface area (Å²) in [4.78, 5) is 38.6. The van der Waals surface area contributed by atoms with Crippen LogP contribution < -0.4 is 4.74 Å². The van der Waals surface area contributed by atoms with E-state index < -0.39 is 17.1 Å². The van der Waals surface area contributed by atoms with Crippen LogP contribution in [0.4, 0.5) is 4.79 Å². The van der Waals surface area contributed by atoms with Crippen molar-refractivity contribution in [1.82, 2.24) is 4.90 Å². The summed E-state index contributed by atoms with van der Waals surface area (Å²) in [7, 11) is 0. The average Bonchev–Trinajstić information content (AvgIpc) is 3.02. The minimum absolute atomic E-state index is 0.262. The van der Waals surface area contributed by atoms with E-state index in [0.29, 0.717) is 18.8 Å². The van der Waals surface area contributed by atoms with Crippen LogP contribution in [0.25, 0.3) is 16.8 Å². The SMILES string of the molecule is CCCCOc1ccc2ccccc2c1/C=C1\SC(=O)N(CC(=O)O[C@@H](C)CC)C1=O. The first kappa shape index (κ1) is 22.9.